The molecule has 1 aromatic carbocycles. The van der Waals surface area contributed by atoms with E-state index in [2.05, 4.69) is 31.0 Å². The standard InChI is InChI=1S/C16H20FNO2/c1-11(2)9-12(3)18-16(20)15-7-6-14(17)10-13(15)5-4-8-19/h6-7,10-12,19H,8-9H2,1-3H3,(H,18,20). The van der Waals surface area contributed by atoms with Gasteiger partial charge in [-0.3, -0.25) is 4.79 Å². The van der Waals surface area contributed by atoms with Crippen LogP contribution in [0.2, 0.25) is 0 Å². The van der Waals surface area contributed by atoms with Crippen LogP contribution in [0.3, 0.4) is 0 Å². The molecule has 20 heavy (non-hydrogen) atoms. The lowest BCUT2D eigenvalue weighted by Gasteiger charge is -2.16. The average molecular weight is 277 g/mol. The summed E-state index contributed by atoms with van der Waals surface area (Å²) in [6, 6.07) is 3.87. The Labute approximate surface area is 119 Å². The summed E-state index contributed by atoms with van der Waals surface area (Å²) in [5.41, 5.74) is 0.608. The van der Waals surface area contributed by atoms with E-state index in [1.165, 1.54) is 18.2 Å². The summed E-state index contributed by atoms with van der Waals surface area (Å²) in [4.78, 5) is 12.2. The second kappa shape index (κ2) is 7.66. The molecule has 1 aromatic rings. The summed E-state index contributed by atoms with van der Waals surface area (Å²) < 4.78 is 13.2. The Morgan fingerprint density at radius 2 is 2.10 bits per heavy atom. The van der Waals surface area contributed by atoms with Gasteiger partial charge in [0.1, 0.15) is 12.4 Å². The van der Waals surface area contributed by atoms with Gasteiger partial charge in [0.05, 0.1) is 5.56 Å². The molecule has 108 valence electrons. The van der Waals surface area contributed by atoms with Crippen molar-refractivity contribution >= 4 is 5.91 Å². The van der Waals surface area contributed by atoms with Crippen LogP contribution in [0.25, 0.3) is 0 Å². The normalized spacial score (nSPS) is 11.7. The molecule has 3 nitrogen and oxygen atoms in total. The lowest BCUT2D eigenvalue weighted by molar-refractivity contribution is 0.0936. The van der Waals surface area contributed by atoms with Crippen molar-refractivity contribution < 1.29 is 14.3 Å². The van der Waals surface area contributed by atoms with Gasteiger partial charge in [-0.1, -0.05) is 25.7 Å². The number of halogens is 1. The summed E-state index contributed by atoms with van der Waals surface area (Å²) >= 11 is 0. The summed E-state index contributed by atoms with van der Waals surface area (Å²) in [6.07, 6.45) is 0.866. The molecule has 0 spiro atoms. The van der Waals surface area contributed by atoms with Gasteiger partial charge in [-0.2, -0.15) is 0 Å². The van der Waals surface area contributed by atoms with Crippen molar-refractivity contribution in [1.29, 1.82) is 0 Å². The van der Waals surface area contributed by atoms with Gasteiger partial charge >= 0.3 is 0 Å². The van der Waals surface area contributed by atoms with Crippen LogP contribution >= 0.6 is 0 Å². The maximum absolute atomic E-state index is 13.2. The molecule has 0 saturated carbocycles. The Morgan fingerprint density at radius 3 is 2.70 bits per heavy atom. The fourth-order valence-electron chi connectivity index (χ4n) is 2.02. The zero-order valence-electron chi connectivity index (χ0n) is 12.0. The van der Waals surface area contributed by atoms with Crippen molar-refractivity contribution in [3.63, 3.8) is 0 Å². The van der Waals surface area contributed by atoms with E-state index in [0.29, 0.717) is 11.5 Å². The minimum absolute atomic E-state index is 0.0335. The highest BCUT2D eigenvalue weighted by atomic mass is 19.1. The quantitative estimate of drug-likeness (QED) is 0.830. The number of hydrogen-bond donors (Lipinski definition) is 2. The topological polar surface area (TPSA) is 49.3 Å². The summed E-state index contributed by atoms with van der Waals surface area (Å²) in [6.45, 7) is 5.76. The largest absolute Gasteiger partial charge is 0.384 e. The van der Waals surface area contributed by atoms with E-state index in [9.17, 15) is 9.18 Å². The third kappa shape index (κ3) is 5.02. The molecule has 0 radical (unpaired) electrons. The number of amides is 1. The SMILES string of the molecule is CC(C)CC(C)NC(=O)c1ccc(F)cc1C#CCO. The van der Waals surface area contributed by atoms with E-state index in [1.54, 1.807) is 0 Å². The summed E-state index contributed by atoms with van der Waals surface area (Å²) in [5, 5.41) is 11.6. The van der Waals surface area contributed by atoms with Crippen LogP contribution in [0.5, 0.6) is 0 Å². The van der Waals surface area contributed by atoms with Gasteiger partial charge in [-0.15, -0.1) is 0 Å². The predicted molar refractivity (Wildman–Crippen MR) is 76.7 cm³/mol. The van der Waals surface area contributed by atoms with E-state index in [4.69, 9.17) is 5.11 Å². The smallest absolute Gasteiger partial charge is 0.252 e. The Balaban J connectivity index is 2.92. The minimum atomic E-state index is -0.459. The number of aliphatic hydroxyl groups is 1. The van der Waals surface area contributed by atoms with Crippen molar-refractivity contribution in [2.45, 2.75) is 33.2 Å². The van der Waals surface area contributed by atoms with Crippen LogP contribution < -0.4 is 5.32 Å². The van der Waals surface area contributed by atoms with Crippen molar-refractivity contribution in [1.82, 2.24) is 5.32 Å². The molecule has 4 heteroatoms. The van der Waals surface area contributed by atoms with Crippen LogP contribution in [0.15, 0.2) is 18.2 Å². The molecule has 0 aliphatic rings. The number of benzene rings is 1. The van der Waals surface area contributed by atoms with Gasteiger partial charge < -0.3 is 10.4 Å². The lowest BCUT2D eigenvalue weighted by Crippen LogP contribution is -2.33. The highest BCUT2D eigenvalue weighted by Crippen LogP contribution is 2.12. The van der Waals surface area contributed by atoms with E-state index in [1.807, 2.05) is 6.92 Å². The number of hydrogen-bond acceptors (Lipinski definition) is 2. The van der Waals surface area contributed by atoms with Gasteiger partial charge in [0, 0.05) is 11.6 Å². The number of carbonyl (C=O) groups excluding carboxylic acids is 1. The van der Waals surface area contributed by atoms with Gasteiger partial charge in [-0.25, -0.2) is 4.39 Å². The zero-order valence-corrected chi connectivity index (χ0v) is 12.0. The number of nitrogens with one attached hydrogen (secondary N) is 1. The van der Waals surface area contributed by atoms with Crippen molar-refractivity contribution in [3.8, 4) is 11.8 Å². The molecule has 2 N–H and O–H groups in total. The van der Waals surface area contributed by atoms with Gasteiger partial charge in [0.25, 0.3) is 5.91 Å². The molecule has 0 aliphatic heterocycles. The molecule has 1 atom stereocenters. The van der Waals surface area contributed by atoms with E-state index < -0.39 is 5.82 Å². The molecule has 1 unspecified atom stereocenters. The first-order valence-electron chi connectivity index (χ1n) is 6.64. The third-order valence-corrected chi connectivity index (χ3v) is 2.73. The molecule has 0 saturated heterocycles. The van der Waals surface area contributed by atoms with Crippen molar-refractivity contribution in [2.24, 2.45) is 5.92 Å². The maximum atomic E-state index is 13.2. The van der Waals surface area contributed by atoms with Crippen LogP contribution in [0, 0.1) is 23.6 Å². The molecular formula is C16H20FNO2. The molecule has 0 fully saturated rings. The molecule has 0 aliphatic carbocycles. The van der Waals surface area contributed by atoms with E-state index in [-0.39, 0.29) is 24.1 Å². The fourth-order valence-corrected chi connectivity index (χ4v) is 2.02. The second-order valence-electron chi connectivity index (χ2n) is 5.15. The first kappa shape index (κ1) is 16.2. The van der Waals surface area contributed by atoms with Crippen molar-refractivity contribution in [2.75, 3.05) is 6.61 Å². The van der Waals surface area contributed by atoms with E-state index in [0.717, 1.165) is 6.42 Å². The molecule has 0 heterocycles. The Kier molecular flexibility index (Phi) is 6.20. The van der Waals surface area contributed by atoms with Crippen LogP contribution in [-0.2, 0) is 0 Å². The predicted octanol–water partition coefficient (Wildman–Crippen LogP) is 2.33. The van der Waals surface area contributed by atoms with Gasteiger partial charge in [0.2, 0.25) is 0 Å². The molecular weight excluding hydrogens is 257 g/mol. The minimum Gasteiger partial charge on any atom is -0.384 e. The van der Waals surface area contributed by atoms with Crippen molar-refractivity contribution in [3.05, 3.63) is 35.1 Å². The lowest BCUT2D eigenvalue weighted by atomic mass is 10.0. The number of rotatable bonds is 4. The Hall–Kier alpha value is -1.86. The third-order valence-electron chi connectivity index (χ3n) is 2.73. The maximum Gasteiger partial charge on any atom is 0.252 e. The summed E-state index contributed by atoms with van der Waals surface area (Å²) in [5.74, 6) is 4.77. The monoisotopic (exact) mass is 277 g/mol. The highest BCUT2D eigenvalue weighted by Gasteiger charge is 2.14. The van der Waals surface area contributed by atoms with Crippen LogP contribution in [0.4, 0.5) is 4.39 Å². The first-order chi connectivity index (χ1) is 9.43. The number of carbonyl (C=O) groups is 1. The highest BCUT2D eigenvalue weighted by molar-refractivity contribution is 5.96. The Bertz CT molecular complexity index is 529. The Morgan fingerprint density at radius 1 is 1.40 bits per heavy atom. The van der Waals surface area contributed by atoms with Crippen LogP contribution in [-0.4, -0.2) is 23.7 Å². The number of aliphatic hydroxyl groups excluding tert-OH is 1. The van der Waals surface area contributed by atoms with E-state index >= 15 is 0 Å². The average Bonchev–Trinajstić information content (AvgIpc) is 2.35. The molecule has 0 aromatic heterocycles. The van der Waals surface area contributed by atoms with Crippen LogP contribution in [0.1, 0.15) is 43.1 Å². The first-order valence-corrected chi connectivity index (χ1v) is 6.64. The second-order valence-corrected chi connectivity index (χ2v) is 5.15. The summed E-state index contributed by atoms with van der Waals surface area (Å²) in [7, 11) is 0. The molecule has 0 bridgehead atoms. The van der Waals surface area contributed by atoms with Gasteiger partial charge in [0.15, 0.2) is 0 Å². The molecule has 1 amide bonds. The molecule has 1 rings (SSSR count). The zero-order chi connectivity index (χ0) is 15.1. The fraction of sp³-hybridized carbons (Fsp3) is 0.438. The van der Waals surface area contributed by atoms with Gasteiger partial charge in [-0.05, 0) is 37.5 Å².